The molecule has 0 bridgehead atoms. The van der Waals surface area contributed by atoms with E-state index in [0.29, 0.717) is 5.02 Å². The van der Waals surface area contributed by atoms with Crippen molar-refractivity contribution >= 4 is 33.5 Å². The molecule has 0 aliphatic rings. The molecule has 13 heavy (non-hydrogen) atoms. The third kappa shape index (κ3) is 3.40. The van der Waals surface area contributed by atoms with E-state index in [9.17, 15) is 8.42 Å². The van der Waals surface area contributed by atoms with Gasteiger partial charge in [0.25, 0.3) is 0 Å². The molecule has 0 atom stereocenters. The van der Waals surface area contributed by atoms with Crippen LogP contribution in [0.1, 0.15) is 0 Å². The van der Waals surface area contributed by atoms with Crippen LogP contribution in [0.3, 0.4) is 0 Å². The summed E-state index contributed by atoms with van der Waals surface area (Å²) in [4.78, 5) is 0. The van der Waals surface area contributed by atoms with Gasteiger partial charge in [-0.05, 0) is 18.2 Å². The predicted molar refractivity (Wildman–Crippen MR) is 50.2 cm³/mol. The van der Waals surface area contributed by atoms with Crippen molar-refractivity contribution in [1.82, 2.24) is 0 Å². The highest BCUT2D eigenvalue weighted by molar-refractivity contribution is 7.84. The third-order valence-corrected chi connectivity index (χ3v) is 2.04. The molecule has 1 aromatic rings. The van der Waals surface area contributed by atoms with Crippen molar-refractivity contribution in [2.75, 3.05) is 0 Å². The molecular weight excluding hydrogens is 237 g/mol. The van der Waals surface area contributed by atoms with Crippen LogP contribution in [0.25, 0.3) is 0 Å². The fraction of sp³-hybridized carbons (Fsp3) is 0. The van der Waals surface area contributed by atoms with Crippen molar-refractivity contribution in [3.05, 3.63) is 28.2 Å². The lowest BCUT2D eigenvalue weighted by atomic mass is 10.3. The first-order chi connectivity index (χ1) is 5.88. The topological polar surface area (TPSA) is 69.4 Å². The van der Waals surface area contributed by atoms with Gasteiger partial charge < -0.3 is 4.18 Å². The number of halogens is 2. The zero-order valence-corrected chi connectivity index (χ0v) is 8.53. The molecular formula is C6H5Cl2NO3S. The summed E-state index contributed by atoms with van der Waals surface area (Å²) in [5, 5.41) is 5.10. The lowest BCUT2D eigenvalue weighted by Gasteiger charge is -2.03. The molecule has 2 N–H and O–H groups in total. The summed E-state index contributed by atoms with van der Waals surface area (Å²) >= 11 is 11.2. The molecule has 0 aliphatic heterocycles. The zero-order chi connectivity index (χ0) is 10.1. The van der Waals surface area contributed by atoms with E-state index in [1.54, 1.807) is 0 Å². The molecule has 72 valence electrons. The van der Waals surface area contributed by atoms with Crippen LogP contribution in [0.15, 0.2) is 18.2 Å². The molecule has 0 saturated heterocycles. The van der Waals surface area contributed by atoms with E-state index in [4.69, 9.17) is 23.2 Å². The van der Waals surface area contributed by atoms with Crippen LogP contribution in [0, 0.1) is 0 Å². The Bertz CT molecular complexity index is 418. The van der Waals surface area contributed by atoms with Crippen LogP contribution in [0.5, 0.6) is 5.75 Å². The number of rotatable bonds is 2. The second-order valence-corrected chi connectivity index (χ2v) is 4.15. The summed E-state index contributed by atoms with van der Waals surface area (Å²) in [5.41, 5.74) is 0. The molecule has 4 nitrogen and oxygen atoms in total. The Morgan fingerprint density at radius 2 is 1.92 bits per heavy atom. The predicted octanol–water partition coefficient (Wildman–Crippen LogP) is 1.58. The molecule has 0 aliphatic carbocycles. The van der Waals surface area contributed by atoms with Crippen molar-refractivity contribution in [2.45, 2.75) is 0 Å². The fourth-order valence-electron chi connectivity index (χ4n) is 0.668. The van der Waals surface area contributed by atoms with Gasteiger partial charge >= 0.3 is 10.3 Å². The highest BCUT2D eigenvalue weighted by Crippen LogP contribution is 2.27. The van der Waals surface area contributed by atoms with Crippen molar-refractivity contribution in [1.29, 1.82) is 0 Å². The molecule has 0 heterocycles. The molecule has 0 unspecified atom stereocenters. The number of benzene rings is 1. The first-order valence-electron chi connectivity index (χ1n) is 3.06. The fourth-order valence-corrected chi connectivity index (χ4v) is 1.56. The van der Waals surface area contributed by atoms with Crippen molar-refractivity contribution in [3.63, 3.8) is 0 Å². The summed E-state index contributed by atoms with van der Waals surface area (Å²) in [6.07, 6.45) is 0. The first-order valence-corrected chi connectivity index (χ1v) is 5.28. The molecule has 1 aromatic carbocycles. The minimum absolute atomic E-state index is 0.0476. The first kappa shape index (κ1) is 10.6. The SMILES string of the molecule is NS(=O)(=O)Oc1ccc(Cl)cc1Cl. The van der Waals surface area contributed by atoms with Gasteiger partial charge in [-0.1, -0.05) is 23.2 Å². The standard InChI is InChI=1S/C6H5Cl2NO3S/c7-4-1-2-6(5(8)3-4)12-13(9,10)11/h1-3H,(H2,9,10,11). The molecule has 0 saturated carbocycles. The molecule has 0 radical (unpaired) electrons. The average molecular weight is 242 g/mol. The lowest BCUT2D eigenvalue weighted by molar-refractivity contribution is 0.488. The number of hydrogen-bond donors (Lipinski definition) is 1. The number of hydrogen-bond acceptors (Lipinski definition) is 3. The summed E-state index contributed by atoms with van der Waals surface area (Å²) < 4.78 is 25.4. The Morgan fingerprint density at radius 1 is 1.31 bits per heavy atom. The Hall–Kier alpha value is -0.490. The van der Waals surface area contributed by atoms with Gasteiger partial charge in [0, 0.05) is 5.02 Å². The maximum Gasteiger partial charge on any atom is 0.380 e. The molecule has 1 rings (SSSR count). The maximum atomic E-state index is 10.5. The highest BCUT2D eigenvalue weighted by Gasteiger charge is 2.08. The molecule has 0 aromatic heterocycles. The van der Waals surface area contributed by atoms with Crippen LogP contribution in [-0.2, 0) is 10.3 Å². The zero-order valence-electron chi connectivity index (χ0n) is 6.20. The summed E-state index contributed by atoms with van der Waals surface area (Å²) in [5.74, 6) is -0.0476. The van der Waals surface area contributed by atoms with Crippen molar-refractivity contribution in [2.24, 2.45) is 5.14 Å². The quantitative estimate of drug-likeness (QED) is 0.855. The third-order valence-electron chi connectivity index (χ3n) is 1.10. The summed E-state index contributed by atoms with van der Waals surface area (Å²) in [7, 11) is -4.04. The highest BCUT2D eigenvalue weighted by atomic mass is 35.5. The molecule has 0 fully saturated rings. The van der Waals surface area contributed by atoms with Gasteiger partial charge in [0.2, 0.25) is 0 Å². The Labute approximate surface area is 85.5 Å². The second kappa shape index (κ2) is 3.71. The minimum atomic E-state index is -4.04. The average Bonchev–Trinajstić information content (AvgIpc) is 1.93. The van der Waals surface area contributed by atoms with Crippen LogP contribution >= 0.6 is 23.2 Å². The van der Waals surface area contributed by atoms with Crippen LogP contribution in [0.2, 0.25) is 10.0 Å². The number of nitrogens with two attached hydrogens (primary N) is 1. The van der Waals surface area contributed by atoms with Gasteiger partial charge in [-0.15, -0.1) is 0 Å². The van der Waals surface area contributed by atoms with Crippen LogP contribution in [0.4, 0.5) is 0 Å². The van der Waals surface area contributed by atoms with Crippen molar-refractivity contribution in [3.8, 4) is 5.75 Å². The largest absolute Gasteiger partial charge is 0.380 e. The van der Waals surface area contributed by atoms with E-state index in [0.717, 1.165) is 0 Å². The van der Waals surface area contributed by atoms with Gasteiger partial charge in [0.1, 0.15) is 0 Å². The minimum Gasteiger partial charge on any atom is -0.369 e. The summed E-state index contributed by atoms with van der Waals surface area (Å²) in [6, 6.07) is 4.10. The molecule has 0 spiro atoms. The Balaban J connectivity index is 3.04. The van der Waals surface area contributed by atoms with Gasteiger partial charge in [0.05, 0.1) is 5.02 Å². The van der Waals surface area contributed by atoms with E-state index >= 15 is 0 Å². The second-order valence-electron chi connectivity index (χ2n) is 2.15. The Kier molecular flexibility index (Phi) is 3.02. The van der Waals surface area contributed by atoms with E-state index in [-0.39, 0.29) is 10.8 Å². The lowest BCUT2D eigenvalue weighted by Crippen LogP contribution is -2.19. The normalized spacial score (nSPS) is 11.3. The monoisotopic (exact) mass is 241 g/mol. The van der Waals surface area contributed by atoms with E-state index in [1.807, 2.05) is 0 Å². The maximum absolute atomic E-state index is 10.5. The molecule has 0 amide bonds. The van der Waals surface area contributed by atoms with Gasteiger partial charge in [0.15, 0.2) is 5.75 Å². The van der Waals surface area contributed by atoms with Gasteiger partial charge in [-0.25, -0.2) is 0 Å². The van der Waals surface area contributed by atoms with Crippen molar-refractivity contribution < 1.29 is 12.6 Å². The van der Waals surface area contributed by atoms with Crippen LogP contribution < -0.4 is 9.32 Å². The molecule has 7 heteroatoms. The van der Waals surface area contributed by atoms with E-state index in [1.165, 1.54) is 18.2 Å². The van der Waals surface area contributed by atoms with Gasteiger partial charge in [-0.3, -0.25) is 0 Å². The van der Waals surface area contributed by atoms with E-state index < -0.39 is 10.3 Å². The van der Waals surface area contributed by atoms with Crippen LogP contribution in [-0.4, -0.2) is 8.42 Å². The smallest absolute Gasteiger partial charge is 0.369 e. The van der Waals surface area contributed by atoms with E-state index in [2.05, 4.69) is 9.32 Å². The summed E-state index contributed by atoms with van der Waals surface area (Å²) in [6.45, 7) is 0. The van der Waals surface area contributed by atoms with Gasteiger partial charge in [-0.2, -0.15) is 13.6 Å². The Morgan fingerprint density at radius 3 is 2.38 bits per heavy atom.